The van der Waals surface area contributed by atoms with Crippen LogP contribution in [0.3, 0.4) is 0 Å². The van der Waals surface area contributed by atoms with Gasteiger partial charge in [0, 0.05) is 30.9 Å². The number of carbonyl (C=O) groups is 2. The number of hydrazone groups is 1. The maximum atomic E-state index is 12.2. The lowest BCUT2D eigenvalue weighted by atomic mass is 9.89. The lowest BCUT2D eigenvalue weighted by molar-refractivity contribution is -0.138. The summed E-state index contributed by atoms with van der Waals surface area (Å²) in [6.45, 7) is 9.91. The summed E-state index contributed by atoms with van der Waals surface area (Å²) in [4.78, 5) is 26.6. The number of rotatable bonds is 14. The Kier molecular flexibility index (Phi) is 20.3. The molecule has 45 heavy (non-hydrogen) atoms. The zero-order valence-electron chi connectivity index (χ0n) is 27.6. The molecule has 3 rings (SSSR count). The predicted octanol–water partition coefficient (Wildman–Crippen LogP) is 3.98. The highest BCUT2D eigenvalue weighted by atomic mass is 19.4. The normalized spacial score (nSPS) is 18.3. The van der Waals surface area contributed by atoms with E-state index in [4.69, 9.17) is 23.2 Å². The van der Waals surface area contributed by atoms with Crippen LogP contribution in [0.25, 0.3) is 0 Å². The van der Waals surface area contributed by atoms with Gasteiger partial charge >= 0.3 is 6.18 Å². The summed E-state index contributed by atoms with van der Waals surface area (Å²) in [6, 6.07) is -0.997. The summed E-state index contributed by atoms with van der Waals surface area (Å²) in [5.41, 5.74) is 13.0. The molecule has 11 nitrogen and oxygen atoms in total. The molecular weight excluding hydrogens is 587 g/mol. The highest BCUT2D eigenvalue weighted by Gasteiger charge is 2.45. The second-order valence-corrected chi connectivity index (χ2v) is 10.9. The molecule has 258 valence electrons. The van der Waals surface area contributed by atoms with E-state index in [0.717, 1.165) is 12.6 Å². The molecule has 2 atom stereocenters. The molecule has 14 heteroatoms. The first-order chi connectivity index (χ1) is 21.4. The van der Waals surface area contributed by atoms with Gasteiger partial charge < -0.3 is 32.7 Å². The van der Waals surface area contributed by atoms with Gasteiger partial charge in [-0.3, -0.25) is 14.8 Å². The van der Waals surface area contributed by atoms with Gasteiger partial charge in [0.2, 0.25) is 0 Å². The largest absolute Gasteiger partial charge is 0.407 e. The van der Waals surface area contributed by atoms with Crippen molar-refractivity contribution in [3.05, 3.63) is 35.4 Å². The van der Waals surface area contributed by atoms with Crippen molar-refractivity contribution in [2.45, 2.75) is 104 Å². The molecule has 0 aromatic carbocycles. The van der Waals surface area contributed by atoms with E-state index >= 15 is 0 Å². The molecular formula is C31H56F3N9O2. The summed E-state index contributed by atoms with van der Waals surface area (Å²) < 4.78 is 36.6. The van der Waals surface area contributed by atoms with Crippen molar-refractivity contribution >= 4 is 24.6 Å². The van der Waals surface area contributed by atoms with Gasteiger partial charge in [-0.2, -0.15) is 18.3 Å². The van der Waals surface area contributed by atoms with Crippen LogP contribution < -0.4 is 33.8 Å². The number of nitrogens with two attached hydrogens (primary N) is 4. The SMILES string of the molecule is C1CCC1.C=C(NC(C=O)C(C1CC1)C1CC1)/C(C=O)=C(/N)CC.CC.CN/C(C=NC(C)/C(=N/N)N(N)CC(F)(F)F)=C/N. The number of aliphatic imine (C=N–C) groups is 1. The zero-order chi connectivity index (χ0) is 34.6. The monoisotopic (exact) mass is 643 g/mol. The lowest BCUT2D eigenvalue weighted by Crippen LogP contribution is -2.48. The maximum absolute atomic E-state index is 12.2. The van der Waals surface area contributed by atoms with E-state index in [2.05, 4.69) is 27.3 Å². The molecule has 0 spiro atoms. The van der Waals surface area contributed by atoms with E-state index in [1.165, 1.54) is 70.7 Å². The summed E-state index contributed by atoms with van der Waals surface area (Å²) in [7, 11) is 1.62. The topological polar surface area (TPSA) is 190 Å². The molecule has 0 aromatic heterocycles. The fourth-order valence-electron chi connectivity index (χ4n) is 4.36. The number of carbonyl (C=O) groups excluding carboxylic acids is 2. The molecule has 0 radical (unpaired) electrons. The van der Waals surface area contributed by atoms with Gasteiger partial charge in [0.1, 0.15) is 18.9 Å². The Morgan fingerprint density at radius 3 is 1.91 bits per heavy atom. The van der Waals surface area contributed by atoms with E-state index in [1.807, 2.05) is 20.8 Å². The van der Waals surface area contributed by atoms with Gasteiger partial charge in [-0.25, -0.2) is 5.84 Å². The predicted molar refractivity (Wildman–Crippen MR) is 176 cm³/mol. The van der Waals surface area contributed by atoms with Gasteiger partial charge in [0.25, 0.3) is 0 Å². The minimum Gasteiger partial charge on any atom is -0.403 e. The Hall–Kier alpha value is -3.55. The van der Waals surface area contributed by atoms with Crippen LogP contribution in [0.15, 0.2) is 45.5 Å². The second kappa shape index (κ2) is 22.0. The molecule has 2 unspecified atom stereocenters. The van der Waals surface area contributed by atoms with Crippen molar-refractivity contribution in [3.63, 3.8) is 0 Å². The van der Waals surface area contributed by atoms with E-state index < -0.39 is 18.8 Å². The quantitative estimate of drug-likeness (QED) is 0.0309. The Bertz CT molecular complexity index is 1000. The number of alkyl halides is 3. The summed E-state index contributed by atoms with van der Waals surface area (Å²) in [5, 5.41) is 9.51. The van der Waals surface area contributed by atoms with Crippen LogP contribution in [-0.2, 0) is 9.59 Å². The zero-order valence-corrected chi connectivity index (χ0v) is 27.6. The summed E-state index contributed by atoms with van der Waals surface area (Å²) >= 11 is 0. The number of nitrogens with one attached hydrogen (secondary N) is 2. The smallest absolute Gasteiger partial charge is 0.403 e. The first kappa shape index (κ1) is 41.4. The van der Waals surface area contributed by atoms with Crippen molar-refractivity contribution in [2.24, 2.45) is 51.0 Å². The van der Waals surface area contributed by atoms with Crippen LogP contribution in [0.4, 0.5) is 13.2 Å². The second-order valence-electron chi connectivity index (χ2n) is 10.9. The number of nitrogens with zero attached hydrogens (tertiary/aromatic N) is 3. The van der Waals surface area contributed by atoms with Crippen LogP contribution in [-0.4, -0.2) is 61.5 Å². The van der Waals surface area contributed by atoms with Crippen molar-refractivity contribution < 1.29 is 22.8 Å². The fraction of sp³-hybridized carbons (Fsp3) is 0.677. The van der Waals surface area contributed by atoms with E-state index in [0.29, 0.717) is 51.8 Å². The van der Waals surface area contributed by atoms with E-state index in [9.17, 15) is 22.8 Å². The molecule has 0 saturated heterocycles. The minimum absolute atomic E-state index is 0.193. The van der Waals surface area contributed by atoms with Crippen molar-refractivity contribution in [1.82, 2.24) is 15.6 Å². The number of halogens is 3. The molecule has 0 bridgehead atoms. The van der Waals surface area contributed by atoms with Gasteiger partial charge in [-0.05, 0) is 56.8 Å². The Labute approximate surface area is 266 Å². The van der Waals surface area contributed by atoms with E-state index in [1.54, 1.807) is 7.05 Å². The molecule has 10 N–H and O–H groups in total. The molecule has 0 aromatic rings. The first-order valence-electron chi connectivity index (χ1n) is 15.7. The third-order valence-electron chi connectivity index (χ3n) is 7.46. The molecule has 3 aliphatic carbocycles. The van der Waals surface area contributed by atoms with Crippen LogP contribution in [0.5, 0.6) is 0 Å². The first-order valence-corrected chi connectivity index (χ1v) is 15.7. The van der Waals surface area contributed by atoms with Gasteiger partial charge in [-0.1, -0.05) is 53.0 Å². The third-order valence-corrected chi connectivity index (χ3v) is 7.46. The molecule has 3 saturated carbocycles. The number of hydrogen-bond donors (Lipinski definition) is 6. The molecule has 0 heterocycles. The van der Waals surface area contributed by atoms with Gasteiger partial charge in [-0.15, -0.1) is 0 Å². The van der Waals surface area contributed by atoms with E-state index in [-0.39, 0.29) is 11.9 Å². The van der Waals surface area contributed by atoms with Crippen LogP contribution in [0.1, 0.15) is 85.5 Å². The standard InChI is InChI=1S/C16H24N2O2.C9H18F3N7.C4H8.C2H6/c1-3-14(17)13(8-19)10(2)18-15(9-20)16(11-4-5-11)12-6-7-12;1-6(17-4-7(3-13)16-2)8(18-14)19(15)5-9(10,11)12;1-2-4-3-1;1-2/h8-9,11-12,15-16,18H,2-7,17H2,1H3;3-4,6,16H,5,13-15H2,1-2H3;1-4H2;1-2H3/b14-13+;7-3+,17-4?,18-8-;;. The molecule has 0 amide bonds. The average Bonchev–Trinajstić information content (AvgIpc) is 3.90. The fourth-order valence-corrected chi connectivity index (χ4v) is 4.36. The number of hydrogen-bond acceptors (Lipinski definition) is 10. The Morgan fingerprint density at radius 2 is 1.60 bits per heavy atom. The highest BCUT2D eigenvalue weighted by Crippen LogP contribution is 2.50. The summed E-state index contributed by atoms with van der Waals surface area (Å²) in [6.07, 6.45) is 11.3. The Morgan fingerprint density at radius 1 is 1.09 bits per heavy atom. The molecule has 0 aliphatic heterocycles. The number of hydrazine groups is 1. The highest BCUT2D eigenvalue weighted by molar-refractivity contribution is 5.89. The van der Waals surface area contributed by atoms with Crippen molar-refractivity contribution in [1.29, 1.82) is 0 Å². The number of aldehydes is 2. The lowest BCUT2D eigenvalue weighted by Gasteiger charge is -2.26. The average molecular weight is 644 g/mol. The molecule has 3 fully saturated rings. The van der Waals surface area contributed by atoms with Crippen LogP contribution >= 0.6 is 0 Å². The van der Waals surface area contributed by atoms with Crippen molar-refractivity contribution in [2.75, 3.05) is 13.6 Å². The Balaban J connectivity index is 0.000000727. The third kappa shape index (κ3) is 16.4. The van der Waals surface area contributed by atoms with Crippen LogP contribution in [0, 0.1) is 17.8 Å². The molecule has 3 aliphatic rings. The van der Waals surface area contributed by atoms with Crippen LogP contribution in [0.2, 0.25) is 0 Å². The van der Waals surface area contributed by atoms with Crippen molar-refractivity contribution in [3.8, 4) is 0 Å². The number of amidine groups is 1. The summed E-state index contributed by atoms with van der Waals surface area (Å²) in [5.74, 6) is 11.8. The number of allylic oxidation sites excluding steroid dienone is 3. The van der Waals surface area contributed by atoms with Gasteiger partial charge in [0.05, 0.1) is 17.3 Å². The maximum Gasteiger partial charge on any atom is 0.407 e. The van der Waals surface area contributed by atoms with Gasteiger partial charge in [0.15, 0.2) is 12.1 Å². The minimum atomic E-state index is -4.46.